The third-order valence-electron chi connectivity index (χ3n) is 5.42. The Balaban J connectivity index is 1.47. The SMILES string of the molecule is CCn1nnc2cc(C(=O)NC[C@H](c3ccco3)[NH+]3CCCCC3)ccc21. The van der Waals surface area contributed by atoms with Crippen molar-refractivity contribution in [3.8, 4) is 0 Å². The lowest BCUT2D eigenvalue weighted by Gasteiger charge is -2.30. The number of fused-ring (bicyclic) bond motifs is 1. The lowest BCUT2D eigenvalue weighted by atomic mass is 10.1. The largest absolute Gasteiger partial charge is 0.463 e. The Morgan fingerprint density at radius 2 is 2.15 bits per heavy atom. The van der Waals surface area contributed by atoms with Crippen LogP contribution in [0.25, 0.3) is 11.0 Å². The van der Waals surface area contributed by atoms with Crippen LogP contribution in [0.1, 0.15) is 48.3 Å². The van der Waals surface area contributed by atoms with Crippen molar-refractivity contribution in [3.05, 3.63) is 47.9 Å². The number of benzene rings is 1. The number of rotatable bonds is 6. The molecule has 7 heteroatoms. The zero-order valence-corrected chi connectivity index (χ0v) is 15.6. The molecule has 2 N–H and O–H groups in total. The Bertz CT molecular complexity index is 896. The van der Waals surface area contributed by atoms with E-state index in [-0.39, 0.29) is 11.9 Å². The van der Waals surface area contributed by atoms with Crippen molar-refractivity contribution in [1.29, 1.82) is 0 Å². The maximum atomic E-state index is 12.7. The molecular weight excluding hydrogens is 342 g/mol. The number of hydrogen-bond donors (Lipinski definition) is 2. The molecule has 1 fully saturated rings. The highest BCUT2D eigenvalue weighted by Crippen LogP contribution is 2.15. The van der Waals surface area contributed by atoms with Gasteiger partial charge in [-0.3, -0.25) is 4.79 Å². The summed E-state index contributed by atoms with van der Waals surface area (Å²) in [6.45, 7) is 5.57. The van der Waals surface area contributed by atoms with E-state index in [2.05, 4.69) is 15.6 Å². The normalized spacial score (nSPS) is 16.5. The highest BCUT2D eigenvalue weighted by atomic mass is 16.3. The topological polar surface area (TPSA) is 77.4 Å². The van der Waals surface area contributed by atoms with Gasteiger partial charge in [0, 0.05) is 12.1 Å². The second-order valence-corrected chi connectivity index (χ2v) is 7.11. The number of furan rings is 1. The maximum absolute atomic E-state index is 12.7. The van der Waals surface area contributed by atoms with Crippen LogP contribution in [0.2, 0.25) is 0 Å². The minimum atomic E-state index is -0.0871. The van der Waals surface area contributed by atoms with Gasteiger partial charge in [-0.05, 0) is 56.5 Å². The summed E-state index contributed by atoms with van der Waals surface area (Å²) >= 11 is 0. The molecule has 1 aliphatic heterocycles. The van der Waals surface area contributed by atoms with E-state index < -0.39 is 0 Å². The van der Waals surface area contributed by atoms with Gasteiger partial charge >= 0.3 is 0 Å². The van der Waals surface area contributed by atoms with Crippen LogP contribution in [0.4, 0.5) is 0 Å². The summed E-state index contributed by atoms with van der Waals surface area (Å²) in [6.07, 6.45) is 5.45. The first-order valence-electron chi connectivity index (χ1n) is 9.75. The molecule has 1 amide bonds. The van der Waals surface area contributed by atoms with Crippen LogP contribution < -0.4 is 10.2 Å². The Morgan fingerprint density at radius 1 is 1.30 bits per heavy atom. The van der Waals surface area contributed by atoms with Crippen LogP contribution in [0.5, 0.6) is 0 Å². The molecule has 142 valence electrons. The molecule has 1 aliphatic rings. The summed E-state index contributed by atoms with van der Waals surface area (Å²) in [6, 6.07) is 9.62. The Kier molecular flexibility index (Phi) is 5.20. The van der Waals surface area contributed by atoms with Gasteiger partial charge in [0.1, 0.15) is 5.52 Å². The summed E-state index contributed by atoms with van der Waals surface area (Å²) in [7, 11) is 0. The number of aryl methyl sites for hydroxylation is 1. The van der Waals surface area contributed by atoms with Crippen LogP contribution in [-0.2, 0) is 6.54 Å². The fourth-order valence-corrected chi connectivity index (χ4v) is 3.93. The molecule has 1 saturated heterocycles. The first-order chi connectivity index (χ1) is 13.3. The molecule has 0 unspecified atom stereocenters. The maximum Gasteiger partial charge on any atom is 0.251 e. The lowest BCUT2D eigenvalue weighted by molar-refractivity contribution is -0.936. The molecule has 0 bridgehead atoms. The predicted molar refractivity (Wildman–Crippen MR) is 102 cm³/mol. The van der Waals surface area contributed by atoms with Gasteiger partial charge in [0.05, 0.1) is 31.4 Å². The fourth-order valence-electron chi connectivity index (χ4n) is 3.93. The van der Waals surface area contributed by atoms with Gasteiger partial charge in [0.25, 0.3) is 5.91 Å². The van der Waals surface area contributed by atoms with Crippen LogP contribution in [0.3, 0.4) is 0 Å². The van der Waals surface area contributed by atoms with Crippen molar-refractivity contribution in [2.75, 3.05) is 19.6 Å². The van der Waals surface area contributed by atoms with Gasteiger partial charge in [0.15, 0.2) is 11.8 Å². The van der Waals surface area contributed by atoms with Gasteiger partial charge in [-0.2, -0.15) is 0 Å². The predicted octanol–water partition coefficient (Wildman–Crippen LogP) is 1.58. The first-order valence-corrected chi connectivity index (χ1v) is 9.75. The van der Waals surface area contributed by atoms with E-state index in [1.807, 2.05) is 35.9 Å². The molecule has 0 radical (unpaired) electrons. The number of amides is 1. The van der Waals surface area contributed by atoms with Crippen molar-refractivity contribution in [3.63, 3.8) is 0 Å². The van der Waals surface area contributed by atoms with Gasteiger partial charge in [-0.25, -0.2) is 4.68 Å². The Morgan fingerprint density at radius 3 is 2.89 bits per heavy atom. The van der Waals surface area contributed by atoms with E-state index in [4.69, 9.17) is 4.42 Å². The van der Waals surface area contributed by atoms with Crippen LogP contribution in [0.15, 0.2) is 41.0 Å². The second kappa shape index (κ2) is 7.92. The summed E-state index contributed by atoms with van der Waals surface area (Å²) in [5.41, 5.74) is 2.30. The average molecular weight is 368 g/mol. The number of hydrogen-bond acceptors (Lipinski definition) is 4. The molecule has 3 aromatic rings. The first kappa shape index (κ1) is 17.7. The molecule has 1 atom stereocenters. The summed E-state index contributed by atoms with van der Waals surface area (Å²) in [5, 5.41) is 11.4. The van der Waals surface area contributed by atoms with E-state index in [0.29, 0.717) is 12.1 Å². The van der Waals surface area contributed by atoms with E-state index in [1.54, 1.807) is 12.3 Å². The minimum absolute atomic E-state index is 0.0871. The van der Waals surface area contributed by atoms with Crippen LogP contribution in [0, 0.1) is 0 Å². The van der Waals surface area contributed by atoms with Crippen molar-refractivity contribution in [1.82, 2.24) is 20.3 Å². The number of aromatic nitrogens is 3. The lowest BCUT2D eigenvalue weighted by Crippen LogP contribution is -3.13. The van der Waals surface area contributed by atoms with Crippen molar-refractivity contribution in [2.24, 2.45) is 0 Å². The minimum Gasteiger partial charge on any atom is -0.463 e. The van der Waals surface area contributed by atoms with Gasteiger partial charge in [-0.1, -0.05) is 5.21 Å². The molecule has 27 heavy (non-hydrogen) atoms. The van der Waals surface area contributed by atoms with Gasteiger partial charge < -0.3 is 14.6 Å². The molecule has 3 heterocycles. The van der Waals surface area contributed by atoms with Gasteiger partial charge in [-0.15, -0.1) is 5.10 Å². The standard InChI is InChI=1S/C20H25N5O2/c1-2-25-17-9-8-15(13-16(17)22-23-25)20(26)21-14-18(19-7-6-12-27-19)24-10-4-3-5-11-24/h6-9,12-13,18H,2-5,10-11,14H2,1H3,(H,21,26)/p+1/t18-/m1/s1. The average Bonchev–Trinajstić information content (AvgIpc) is 3.38. The Labute approximate surface area is 158 Å². The van der Waals surface area contributed by atoms with Crippen molar-refractivity contribution >= 4 is 16.9 Å². The zero-order chi connectivity index (χ0) is 18.6. The number of nitrogens with zero attached hydrogens (tertiary/aromatic N) is 3. The monoisotopic (exact) mass is 368 g/mol. The fraction of sp³-hybridized carbons (Fsp3) is 0.450. The molecule has 0 aliphatic carbocycles. The van der Waals surface area contributed by atoms with Crippen molar-refractivity contribution in [2.45, 2.75) is 38.8 Å². The van der Waals surface area contributed by atoms with Gasteiger partial charge in [0.2, 0.25) is 0 Å². The molecule has 1 aromatic carbocycles. The number of nitrogens with one attached hydrogen (secondary N) is 2. The highest BCUT2D eigenvalue weighted by molar-refractivity contribution is 5.97. The molecule has 0 spiro atoms. The van der Waals surface area contributed by atoms with E-state index >= 15 is 0 Å². The number of carbonyl (C=O) groups excluding carboxylic acids is 1. The van der Waals surface area contributed by atoms with E-state index in [1.165, 1.54) is 24.2 Å². The van der Waals surface area contributed by atoms with Crippen LogP contribution in [-0.4, -0.2) is 40.5 Å². The molecule has 0 saturated carbocycles. The van der Waals surface area contributed by atoms with Crippen LogP contribution >= 0.6 is 0 Å². The summed E-state index contributed by atoms with van der Waals surface area (Å²) in [5.74, 6) is 0.851. The van der Waals surface area contributed by atoms with E-state index in [0.717, 1.165) is 36.4 Å². The Hall–Kier alpha value is -2.67. The number of piperidine rings is 1. The summed E-state index contributed by atoms with van der Waals surface area (Å²) in [4.78, 5) is 14.2. The number of quaternary nitrogens is 1. The zero-order valence-electron chi connectivity index (χ0n) is 15.6. The number of likely N-dealkylation sites (tertiary alicyclic amines) is 1. The second-order valence-electron chi connectivity index (χ2n) is 7.11. The molecular formula is C20H26N5O2+. The highest BCUT2D eigenvalue weighted by Gasteiger charge is 2.28. The molecule has 2 aromatic heterocycles. The third kappa shape index (κ3) is 3.73. The van der Waals surface area contributed by atoms with Crippen molar-refractivity contribution < 1.29 is 14.1 Å². The quantitative estimate of drug-likeness (QED) is 0.693. The number of carbonyl (C=O) groups is 1. The molecule has 4 rings (SSSR count). The third-order valence-corrected chi connectivity index (χ3v) is 5.42. The molecule has 7 nitrogen and oxygen atoms in total. The van der Waals surface area contributed by atoms with E-state index in [9.17, 15) is 4.79 Å². The smallest absolute Gasteiger partial charge is 0.251 e. The summed E-state index contributed by atoms with van der Waals surface area (Å²) < 4.78 is 7.49.